The van der Waals surface area contributed by atoms with E-state index < -0.39 is 0 Å². The van der Waals surface area contributed by atoms with Crippen molar-refractivity contribution in [3.63, 3.8) is 0 Å². The number of ether oxygens (including phenoxy) is 2. The second-order valence-electron chi connectivity index (χ2n) is 5.38. The molecule has 25 heavy (non-hydrogen) atoms. The molecule has 0 unspecified atom stereocenters. The van der Waals surface area contributed by atoms with Crippen molar-refractivity contribution in [3.05, 3.63) is 59.4 Å². The average Bonchev–Trinajstić information content (AvgIpc) is 3.07. The van der Waals surface area contributed by atoms with E-state index in [2.05, 4.69) is 15.6 Å². The lowest BCUT2D eigenvalue weighted by molar-refractivity contribution is 0.174. The summed E-state index contributed by atoms with van der Waals surface area (Å²) in [5, 5.41) is 6.41. The second kappa shape index (κ2) is 9.45. The van der Waals surface area contributed by atoms with Crippen LogP contribution in [0, 0.1) is 5.82 Å². The first-order chi connectivity index (χ1) is 11.8. The fraction of sp³-hybridized carbons (Fsp3) is 0.278. The number of guanidine groups is 1. The minimum atomic E-state index is -0.178. The van der Waals surface area contributed by atoms with Crippen molar-refractivity contribution < 1.29 is 13.9 Å². The van der Waals surface area contributed by atoms with Gasteiger partial charge in [0.25, 0.3) is 0 Å². The molecule has 5 nitrogen and oxygen atoms in total. The van der Waals surface area contributed by atoms with Crippen molar-refractivity contribution >= 4 is 29.9 Å². The number of fused-ring (bicyclic) bond motifs is 1. The SMILES string of the molecule is CN=C(NCCc1ccccc1F)NCc1ccc2c(c1)OCO2.I. The van der Waals surface area contributed by atoms with Crippen molar-refractivity contribution in [2.45, 2.75) is 13.0 Å². The highest BCUT2D eigenvalue weighted by molar-refractivity contribution is 14.0. The van der Waals surface area contributed by atoms with Crippen LogP contribution in [-0.2, 0) is 13.0 Å². The molecule has 0 saturated carbocycles. The summed E-state index contributed by atoms with van der Waals surface area (Å²) in [5.74, 6) is 2.02. The lowest BCUT2D eigenvalue weighted by Crippen LogP contribution is -2.37. The van der Waals surface area contributed by atoms with Crippen LogP contribution < -0.4 is 20.1 Å². The van der Waals surface area contributed by atoms with Crippen molar-refractivity contribution in [2.75, 3.05) is 20.4 Å². The number of nitrogens with one attached hydrogen (secondary N) is 2. The molecule has 1 aliphatic heterocycles. The van der Waals surface area contributed by atoms with Crippen molar-refractivity contribution in [2.24, 2.45) is 4.99 Å². The predicted octanol–water partition coefficient (Wildman–Crippen LogP) is 3.08. The van der Waals surface area contributed by atoms with Gasteiger partial charge in [0, 0.05) is 20.1 Å². The molecule has 0 aliphatic carbocycles. The molecule has 2 aromatic carbocycles. The van der Waals surface area contributed by atoms with Gasteiger partial charge in [-0.3, -0.25) is 4.99 Å². The molecule has 0 fully saturated rings. The molecule has 1 aliphatic rings. The van der Waals surface area contributed by atoms with Crippen LogP contribution in [-0.4, -0.2) is 26.3 Å². The first-order valence-electron chi connectivity index (χ1n) is 7.82. The van der Waals surface area contributed by atoms with E-state index in [1.807, 2.05) is 24.3 Å². The minimum Gasteiger partial charge on any atom is -0.454 e. The second-order valence-corrected chi connectivity index (χ2v) is 5.38. The fourth-order valence-corrected chi connectivity index (χ4v) is 2.47. The summed E-state index contributed by atoms with van der Waals surface area (Å²) in [5.41, 5.74) is 1.76. The molecule has 0 saturated heterocycles. The van der Waals surface area contributed by atoms with Crippen LogP contribution >= 0.6 is 24.0 Å². The smallest absolute Gasteiger partial charge is 0.231 e. The third-order valence-electron chi connectivity index (χ3n) is 3.77. The van der Waals surface area contributed by atoms with Gasteiger partial charge < -0.3 is 20.1 Å². The van der Waals surface area contributed by atoms with Crippen LogP contribution in [0.2, 0.25) is 0 Å². The first kappa shape index (κ1) is 19.3. The Morgan fingerprint density at radius 2 is 1.92 bits per heavy atom. The molecule has 134 valence electrons. The maximum atomic E-state index is 13.6. The molecule has 7 heteroatoms. The van der Waals surface area contributed by atoms with E-state index in [1.165, 1.54) is 6.07 Å². The summed E-state index contributed by atoms with van der Waals surface area (Å²) in [7, 11) is 1.71. The number of aliphatic imine (C=N–C) groups is 1. The zero-order valence-electron chi connectivity index (χ0n) is 13.9. The summed E-state index contributed by atoms with van der Waals surface area (Å²) >= 11 is 0. The van der Waals surface area contributed by atoms with Crippen LogP contribution in [0.4, 0.5) is 4.39 Å². The third-order valence-corrected chi connectivity index (χ3v) is 3.77. The van der Waals surface area contributed by atoms with Gasteiger partial charge in [0.1, 0.15) is 5.82 Å². The lowest BCUT2D eigenvalue weighted by atomic mass is 10.1. The Morgan fingerprint density at radius 1 is 1.12 bits per heavy atom. The highest BCUT2D eigenvalue weighted by Crippen LogP contribution is 2.32. The topological polar surface area (TPSA) is 54.9 Å². The van der Waals surface area contributed by atoms with Gasteiger partial charge in [-0.1, -0.05) is 24.3 Å². The van der Waals surface area contributed by atoms with E-state index in [1.54, 1.807) is 19.2 Å². The number of rotatable bonds is 5. The van der Waals surface area contributed by atoms with Gasteiger partial charge in [0.2, 0.25) is 6.79 Å². The van der Waals surface area contributed by atoms with Crippen LogP contribution in [0.15, 0.2) is 47.5 Å². The molecular weight excluding hydrogens is 436 g/mol. The molecule has 3 rings (SSSR count). The highest BCUT2D eigenvalue weighted by Gasteiger charge is 2.13. The summed E-state index contributed by atoms with van der Waals surface area (Å²) in [6.07, 6.45) is 0.595. The molecule has 0 atom stereocenters. The lowest BCUT2D eigenvalue weighted by Gasteiger charge is -2.12. The zero-order valence-corrected chi connectivity index (χ0v) is 16.3. The molecule has 2 aromatic rings. The number of halogens is 2. The molecule has 2 N–H and O–H groups in total. The van der Waals surface area contributed by atoms with Gasteiger partial charge in [-0.15, -0.1) is 24.0 Å². The molecule has 0 spiro atoms. The molecular formula is C18H21FIN3O2. The van der Waals surface area contributed by atoms with E-state index in [9.17, 15) is 4.39 Å². The van der Waals surface area contributed by atoms with Gasteiger partial charge >= 0.3 is 0 Å². The van der Waals surface area contributed by atoms with Crippen molar-refractivity contribution in [1.29, 1.82) is 0 Å². The largest absolute Gasteiger partial charge is 0.454 e. The van der Waals surface area contributed by atoms with E-state index >= 15 is 0 Å². The van der Waals surface area contributed by atoms with Crippen LogP contribution in [0.1, 0.15) is 11.1 Å². The van der Waals surface area contributed by atoms with Crippen molar-refractivity contribution in [3.8, 4) is 11.5 Å². The highest BCUT2D eigenvalue weighted by atomic mass is 127. The standard InChI is InChI=1S/C18H20FN3O2.HI/c1-20-18(21-9-8-14-4-2-3-5-15(14)19)22-11-13-6-7-16-17(10-13)24-12-23-16;/h2-7,10H,8-9,11-12H2,1H3,(H2,20,21,22);1H. The Balaban J connectivity index is 0.00000225. The summed E-state index contributed by atoms with van der Waals surface area (Å²) in [6.45, 7) is 1.48. The van der Waals surface area contributed by atoms with Gasteiger partial charge in [0.15, 0.2) is 17.5 Å². The van der Waals surface area contributed by atoms with Crippen LogP contribution in [0.3, 0.4) is 0 Å². The quantitative estimate of drug-likeness (QED) is 0.412. The fourth-order valence-electron chi connectivity index (χ4n) is 2.47. The van der Waals surface area contributed by atoms with E-state index in [4.69, 9.17) is 9.47 Å². The predicted molar refractivity (Wildman–Crippen MR) is 106 cm³/mol. The normalized spacial score (nSPS) is 12.5. The summed E-state index contributed by atoms with van der Waals surface area (Å²) in [6, 6.07) is 12.6. The third kappa shape index (κ3) is 5.22. The molecule has 0 aromatic heterocycles. The molecule has 1 heterocycles. The summed E-state index contributed by atoms with van der Waals surface area (Å²) in [4.78, 5) is 4.17. The van der Waals surface area contributed by atoms with E-state index in [-0.39, 0.29) is 36.6 Å². The zero-order chi connectivity index (χ0) is 16.8. The number of hydrogen-bond acceptors (Lipinski definition) is 3. The van der Waals surface area contributed by atoms with Gasteiger partial charge in [-0.25, -0.2) is 4.39 Å². The van der Waals surface area contributed by atoms with Crippen LogP contribution in [0.25, 0.3) is 0 Å². The maximum Gasteiger partial charge on any atom is 0.231 e. The van der Waals surface area contributed by atoms with Crippen LogP contribution in [0.5, 0.6) is 11.5 Å². The van der Waals surface area contributed by atoms with E-state index in [0.29, 0.717) is 31.0 Å². The maximum absolute atomic E-state index is 13.6. The molecule has 0 radical (unpaired) electrons. The van der Waals surface area contributed by atoms with Crippen molar-refractivity contribution in [1.82, 2.24) is 10.6 Å². The first-order valence-corrected chi connectivity index (χ1v) is 7.82. The number of benzene rings is 2. The Kier molecular flexibility index (Phi) is 7.30. The Bertz CT molecular complexity index is 740. The molecule has 0 amide bonds. The Hall–Kier alpha value is -2.03. The molecule has 0 bridgehead atoms. The number of nitrogens with zero attached hydrogens (tertiary/aromatic N) is 1. The van der Waals surface area contributed by atoms with E-state index in [0.717, 1.165) is 17.1 Å². The minimum absolute atomic E-state index is 0. The van der Waals surface area contributed by atoms with Gasteiger partial charge in [-0.2, -0.15) is 0 Å². The number of hydrogen-bond donors (Lipinski definition) is 2. The summed E-state index contributed by atoms with van der Waals surface area (Å²) < 4.78 is 24.2. The average molecular weight is 457 g/mol. The Morgan fingerprint density at radius 3 is 2.72 bits per heavy atom. The monoisotopic (exact) mass is 457 g/mol. The Labute approximate surface area is 163 Å². The van der Waals surface area contributed by atoms with Gasteiger partial charge in [-0.05, 0) is 35.7 Å². The van der Waals surface area contributed by atoms with Gasteiger partial charge in [0.05, 0.1) is 0 Å².